The second-order valence-corrected chi connectivity index (χ2v) is 10.6. The fraction of sp³-hybridized carbons (Fsp3) is 0.192. The molecule has 2 aromatic carbocycles. The molecular formula is C26H25N4O5S3-. The smallest absolute Gasteiger partial charge is 0.407 e. The number of carbonyl (C=O) groups is 2. The number of anilines is 1. The van der Waals surface area contributed by atoms with Crippen molar-refractivity contribution in [1.82, 2.24) is 15.6 Å². The molecule has 0 fully saturated rings. The fourth-order valence-corrected chi connectivity index (χ4v) is 5.62. The van der Waals surface area contributed by atoms with Crippen LogP contribution in [-0.2, 0) is 33.6 Å². The van der Waals surface area contributed by atoms with E-state index in [9.17, 15) is 18.4 Å². The Morgan fingerprint density at radius 1 is 1.00 bits per heavy atom. The van der Waals surface area contributed by atoms with Crippen LogP contribution in [0.4, 0.5) is 10.5 Å². The van der Waals surface area contributed by atoms with Crippen molar-refractivity contribution in [3.05, 3.63) is 92.9 Å². The van der Waals surface area contributed by atoms with Crippen molar-refractivity contribution >= 4 is 51.6 Å². The Kier molecular flexibility index (Phi) is 9.60. The van der Waals surface area contributed by atoms with Crippen LogP contribution in [0.5, 0.6) is 0 Å². The highest BCUT2D eigenvalue weighted by molar-refractivity contribution is 7.80. The number of aromatic nitrogens is 1. The number of nitrogens with one attached hydrogen (secondary N) is 3. The molecule has 38 heavy (non-hydrogen) atoms. The van der Waals surface area contributed by atoms with Gasteiger partial charge in [0.1, 0.15) is 11.0 Å². The first-order chi connectivity index (χ1) is 18.4. The Balaban J connectivity index is 1.58. The molecule has 1 unspecified atom stereocenters. The molecule has 0 bridgehead atoms. The lowest BCUT2D eigenvalue weighted by Crippen LogP contribution is -2.49. The molecule has 2 aromatic heterocycles. The first-order valence-electron chi connectivity index (χ1n) is 11.5. The van der Waals surface area contributed by atoms with Crippen molar-refractivity contribution < 1.29 is 23.1 Å². The van der Waals surface area contributed by atoms with Crippen molar-refractivity contribution in [2.45, 2.75) is 24.9 Å². The maximum absolute atomic E-state index is 13.5. The van der Waals surface area contributed by atoms with Crippen LogP contribution in [0.1, 0.15) is 22.2 Å². The molecular weight excluding hydrogens is 545 g/mol. The normalized spacial score (nSPS) is 13.2. The summed E-state index contributed by atoms with van der Waals surface area (Å²) in [5.74, 6) is -0.378. The first kappa shape index (κ1) is 27.5. The third kappa shape index (κ3) is 7.71. The average molecular weight is 570 g/mol. The van der Waals surface area contributed by atoms with E-state index < -0.39 is 29.4 Å². The van der Waals surface area contributed by atoms with Crippen LogP contribution in [0.25, 0.3) is 11.3 Å². The summed E-state index contributed by atoms with van der Waals surface area (Å²) in [6.45, 7) is 0. The minimum absolute atomic E-state index is 0.277. The number of thiophene rings is 1. The highest BCUT2D eigenvalue weighted by Gasteiger charge is 2.26. The van der Waals surface area contributed by atoms with Gasteiger partial charge in [0.15, 0.2) is 0 Å². The van der Waals surface area contributed by atoms with Crippen molar-refractivity contribution in [2.24, 2.45) is 0 Å². The molecule has 2 amide bonds. The molecule has 0 saturated heterocycles. The lowest BCUT2D eigenvalue weighted by atomic mass is 10.0. The number of methoxy groups -OCH3 is 1. The van der Waals surface area contributed by atoms with Gasteiger partial charge in [-0.3, -0.25) is 9.00 Å². The molecule has 4 rings (SSSR count). The van der Waals surface area contributed by atoms with E-state index >= 15 is 0 Å². The molecule has 0 aliphatic rings. The van der Waals surface area contributed by atoms with Gasteiger partial charge in [-0.2, -0.15) is 11.3 Å². The molecule has 198 valence electrons. The van der Waals surface area contributed by atoms with Gasteiger partial charge in [-0.05, 0) is 41.1 Å². The maximum Gasteiger partial charge on any atom is 0.407 e. The van der Waals surface area contributed by atoms with Gasteiger partial charge in [0, 0.05) is 39.7 Å². The van der Waals surface area contributed by atoms with Crippen LogP contribution in [0.2, 0.25) is 0 Å². The molecule has 9 nitrogen and oxygen atoms in total. The predicted octanol–water partition coefficient (Wildman–Crippen LogP) is 4.44. The monoisotopic (exact) mass is 569 g/mol. The number of hydrogen-bond donors (Lipinski definition) is 3. The molecule has 2 heterocycles. The number of thiazole rings is 1. The third-order valence-corrected chi connectivity index (χ3v) is 7.67. The average Bonchev–Trinajstić information content (AvgIpc) is 3.62. The number of ether oxygens (including phenoxy) is 1. The molecule has 3 N–H and O–H groups in total. The molecule has 0 aliphatic heterocycles. The number of hydrogen-bond acceptors (Lipinski definition) is 8. The largest absolute Gasteiger partial charge is 0.755 e. The van der Waals surface area contributed by atoms with E-state index in [0.717, 1.165) is 22.4 Å². The van der Waals surface area contributed by atoms with E-state index in [1.807, 2.05) is 52.5 Å². The van der Waals surface area contributed by atoms with Gasteiger partial charge < -0.3 is 24.6 Å². The highest BCUT2D eigenvalue weighted by atomic mass is 32.2. The number of amides is 2. The lowest BCUT2D eigenvalue weighted by Gasteiger charge is -2.22. The zero-order valence-corrected chi connectivity index (χ0v) is 22.7. The number of alkyl carbamates (subject to hydrolysis) is 1. The number of rotatable bonds is 11. The second-order valence-electron chi connectivity index (χ2n) is 8.26. The molecule has 0 spiro atoms. The summed E-state index contributed by atoms with van der Waals surface area (Å²) in [5.41, 5.74) is 4.00. The summed E-state index contributed by atoms with van der Waals surface area (Å²) in [7, 11) is 1.25. The van der Waals surface area contributed by atoms with Crippen molar-refractivity contribution in [1.29, 1.82) is 0 Å². The first-order valence-corrected chi connectivity index (χ1v) is 14.4. The third-order valence-electron chi connectivity index (χ3n) is 5.63. The van der Waals surface area contributed by atoms with Crippen LogP contribution in [0.15, 0.2) is 76.8 Å². The topological polar surface area (TPSA) is 132 Å². The Labute approximate surface area is 230 Å². The quantitative estimate of drug-likeness (QED) is 0.229. The van der Waals surface area contributed by atoms with Gasteiger partial charge in [0.2, 0.25) is 5.91 Å². The second kappa shape index (κ2) is 13.3. The summed E-state index contributed by atoms with van der Waals surface area (Å²) >= 11 is 0.591. The number of carbonyl (C=O) groups excluding carboxylic acids is 2. The van der Waals surface area contributed by atoms with E-state index in [0.29, 0.717) is 17.1 Å². The van der Waals surface area contributed by atoms with E-state index in [1.54, 1.807) is 35.6 Å². The molecule has 12 heteroatoms. The molecule has 4 aromatic rings. The van der Waals surface area contributed by atoms with E-state index in [-0.39, 0.29) is 12.3 Å². The van der Waals surface area contributed by atoms with E-state index in [4.69, 9.17) is 9.72 Å². The lowest BCUT2D eigenvalue weighted by molar-refractivity contribution is -0.123. The van der Waals surface area contributed by atoms with Crippen LogP contribution >= 0.6 is 22.7 Å². The van der Waals surface area contributed by atoms with Gasteiger partial charge in [-0.25, -0.2) is 9.78 Å². The van der Waals surface area contributed by atoms with Crippen molar-refractivity contribution in [3.63, 3.8) is 0 Å². The zero-order valence-electron chi connectivity index (χ0n) is 20.3. The van der Waals surface area contributed by atoms with Gasteiger partial charge >= 0.3 is 6.09 Å². The Morgan fingerprint density at radius 2 is 1.74 bits per heavy atom. The summed E-state index contributed by atoms with van der Waals surface area (Å²) in [5, 5.41) is 12.3. The van der Waals surface area contributed by atoms with E-state index in [1.165, 1.54) is 18.4 Å². The zero-order chi connectivity index (χ0) is 26.9. The predicted molar refractivity (Wildman–Crippen MR) is 148 cm³/mol. The number of nitrogens with zero attached hydrogens (tertiary/aromatic N) is 1. The SMILES string of the molecule is COC(=O)N[C@@H](Cc1ccccc1)C(=O)N[C@@H](Cc1ccc(NS(=O)[O-])cc1)c1nc(-c2ccsc2)cs1. The standard InChI is InChI=1S/C26H26N4O5S3/c1-35-26(32)29-21(13-17-5-3-2-4-6-17)24(31)27-22(14-18-7-9-20(10-8-18)30-38(33)34)25-28-23(16-37-25)19-11-12-36-15-19/h2-12,15-16,21-22,30H,13-14H2,1H3,(H,27,31)(H,29,32)(H,33,34)/p-1/t21-,22-/m0/s1. The van der Waals surface area contributed by atoms with Gasteiger partial charge in [-0.15, -0.1) is 11.3 Å². The fourth-order valence-electron chi connectivity index (χ4n) is 3.76. The Morgan fingerprint density at radius 3 is 2.39 bits per heavy atom. The maximum atomic E-state index is 13.5. The van der Waals surface area contributed by atoms with Crippen LogP contribution in [-0.4, -0.2) is 38.9 Å². The summed E-state index contributed by atoms with van der Waals surface area (Å²) < 4.78 is 28.9. The van der Waals surface area contributed by atoms with Gasteiger partial charge in [0.25, 0.3) is 0 Å². The van der Waals surface area contributed by atoms with Crippen LogP contribution in [0.3, 0.4) is 0 Å². The summed E-state index contributed by atoms with van der Waals surface area (Å²) in [4.78, 5) is 30.3. The summed E-state index contributed by atoms with van der Waals surface area (Å²) in [6.07, 6.45) is -0.0241. The Bertz CT molecular complexity index is 1360. The molecule has 3 atom stereocenters. The molecule has 0 aliphatic carbocycles. The number of benzene rings is 2. The minimum atomic E-state index is -2.42. The molecule has 0 radical (unpaired) electrons. The van der Waals surface area contributed by atoms with Crippen molar-refractivity contribution in [2.75, 3.05) is 11.8 Å². The van der Waals surface area contributed by atoms with E-state index in [2.05, 4.69) is 15.4 Å². The minimum Gasteiger partial charge on any atom is -0.755 e. The van der Waals surface area contributed by atoms with Gasteiger partial charge in [-0.1, -0.05) is 42.5 Å². The van der Waals surface area contributed by atoms with Crippen LogP contribution in [0, 0.1) is 0 Å². The Hall–Kier alpha value is -3.58. The highest BCUT2D eigenvalue weighted by Crippen LogP contribution is 2.29. The van der Waals surface area contributed by atoms with Gasteiger partial charge in [0.05, 0.1) is 18.8 Å². The summed E-state index contributed by atoms with van der Waals surface area (Å²) in [6, 6.07) is 16.9. The van der Waals surface area contributed by atoms with Crippen LogP contribution < -0.4 is 15.4 Å². The molecule has 0 saturated carbocycles. The van der Waals surface area contributed by atoms with Crippen molar-refractivity contribution in [3.8, 4) is 11.3 Å².